The van der Waals surface area contributed by atoms with Gasteiger partial charge < -0.3 is 0 Å². The lowest BCUT2D eigenvalue weighted by Crippen LogP contribution is -2.39. The predicted molar refractivity (Wildman–Crippen MR) is 83.8 cm³/mol. The van der Waals surface area contributed by atoms with Crippen LogP contribution in [0, 0.1) is 5.82 Å². The molecule has 1 aromatic carbocycles. The number of H-pyrrole nitrogens is 1. The predicted octanol–water partition coefficient (Wildman–Crippen LogP) is 3.08. The molecule has 110 valence electrons. The van der Waals surface area contributed by atoms with Crippen molar-refractivity contribution in [3.05, 3.63) is 41.3 Å². The topological polar surface area (TPSA) is 31.9 Å². The fraction of sp³-hybridized carbons (Fsp3) is 0.438. The van der Waals surface area contributed by atoms with Crippen LogP contribution in [0.15, 0.2) is 24.3 Å². The highest BCUT2D eigenvalue weighted by atomic mass is 32.2. The van der Waals surface area contributed by atoms with Crippen LogP contribution in [0.25, 0.3) is 11.3 Å². The minimum Gasteiger partial charge on any atom is -0.295 e. The molecule has 0 radical (unpaired) electrons. The Morgan fingerprint density at radius 1 is 1.33 bits per heavy atom. The third-order valence-electron chi connectivity index (χ3n) is 4.51. The second kappa shape index (κ2) is 5.46. The van der Waals surface area contributed by atoms with Crippen molar-refractivity contribution in [1.29, 1.82) is 0 Å². The number of aromatic amines is 1. The van der Waals surface area contributed by atoms with Gasteiger partial charge in [-0.3, -0.25) is 10.00 Å². The van der Waals surface area contributed by atoms with Crippen LogP contribution in [0.5, 0.6) is 0 Å². The first-order chi connectivity index (χ1) is 10.3. The number of halogens is 1. The maximum absolute atomic E-state index is 14.1. The third-order valence-corrected chi connectivity index (χ3v) is 5.66. The summed E-state index contributed by atoms with van der Waals surface area (Å²) in [5, 5.41) is 7.51. The standard InChI is InChI=1S/C16H18FN3S/c17-14-4-2-1-3-12(14)16-13-9-20(11-6-8-21-10-11)7-5-15(13)18-19-16/h1-4,11H,5-10H2,(H,18,19). The summed E-state index contributed by atoms with van der Waals surface area (Å²) in [6, 6.07) is 7.58. The number of benzene rings is 1. The Hall–Kier alpha value is -1.33. The summed E-state index contributed by atoms with van der Waals surface area (Å²) >= 11 is 2.04. The number of hydrogen-bond donors (Lipinski definition) is 1. The second-order valence-electron chi connectivity index (χ2n) is 5.75. The fourth-order valence-electron chi connectivity index (χ4n) is 3.31. The molecule has 1 aromatic heterocycles. The normalized spacial score (nSPS) is 22.4. The van der Waals surface area contributed by atoms with Gasteiger partial charge in [0.2, 0.25) is 0 Å². The van der Waals surface area contributed by atoms with E-state index in [9.17, 15) is 4.39 Å². The molecule has 0 aliphatic carbocycles. The summed E-state index contributed by atoms with van der Waals surface area (Å²) in [5.74, 6) is 2.29. The summed E-state index contributed by atoms with van der Waals surface area (Å²) in [6.07, 6.45) is 2.25. The molecule has 1 saturated heterocycles. The van der Waals surface area contributed by atoms with E-state index in [0.29, 0.717) is 11.6 Å². The lowest BCUT2D eigenvalue weighted by Gasteiger charge is -2.31. The summed E-state index contributed by atoms with van der Waals surface area (Å²) in [5.41, 5.74) is 3.76. The van der Waals surface area contributed by atoms with Gasteiger partial charge in [0.05, 0.1) is 5.69 Å². The third kappa shape index (κ3) is 2.38. The monoisotopic (exact) mass is 303 g/mol. The molecular formula is C16H18FN3S. The summed E-state index contributed by atoms with van der Waals surface area (Å²) in [4.78, 5) is 2.54. The molecule has 21 heavy (non-hydrogen) atoms. The van der Waals surface area contributed by atoms with Gasteiger partial charge in [0.1, 0.15) is 5.82 Å². The van der Waals surface area contributed by atoms with Crippen LogP contribution in [0.2, 0.25) is 0 Å². The highest BCUT2D eigenvalue weighted by molar-refractivity contribution is 7.99. The average molecular weight is 303 g/mol. The van der Waals surface area contributed by atoms with Crippen molar-refractivity contribution >= 4 is 11.8 Å². The van der Waals surface area contributed by atoms with Crippen molar-refractivity contribution in [2.24, 2.45) is 0 Å². The number of hydrogen-bond acceptors (Lipinski definition) is 3. The van der Waals surface area contributed by atoms with Gasteiger partial charge in [0.15, 0.2) is 0 Å². The molecule has 4 rings (SSSR count). The van der Waals surface area contributed by atoms with Gasteiger partial charge in [-0.25, -0.2) is 4.39 Å². The smallest absolute Gasteiger partial charge is 0.132 e. The number of aromatic nitrogens is 2. The summed E-state index contributed by atoms with van der Waals surface area (Å²) in [6.45, 7) is 1.97. The van der Waals surface area contributed by atoms with Crippen LogP contribution in [-0.4, -0.2) is 39.2 Å². The maximum Gasteiger partial charge on any atom is 0.132 e. The van der Waals surface area contributed by atoms with Gasteiger partial charge in [0.25, 0.3) is 0 Å². The lowest BCUT2D eigenvalue weighted by molar-refractivity contribution is 0.194. The number of nitrogens with zero attached hydrogens (tertiary/aromatic N) is 2. The molecule has 3 nitrogen and oxygen atoms in total. The van der Waals surface area contributed by atoms with E-state index in [1.54, 1.807) is 6.07 Å². The van der Waals surface area contributed by atoms with Crippen molar-refractivity contribution in [2.45, 2.75) is 25.4 Å². The molecule has 1 fully saturated rings. The number of thioether (sulfide) groups is 1. The van der Waals surface area contributed by atoms with E-state index in [-0.39, 0.29) is 5.82 Å². The molecule has 0 saturated carbocycles. The first-order valence-corrected chi connectivity index (χ1v) is 8.61. The molecule has 2 aromatic rings. The molecule has 5 heteroatoms. The molecule has 3 heterocycles. The number of rotatable bonds is 2. The minimum absolute atomic E-state index is 0.194. The second-order valence-corrected chi connectivity index (χ2v) is 6.90. The van der Waals surface area contributed by atoms with Gasteiger partial charge in [0, 0.05) is 48.1 Å². The largest absolute Gasteiger partial charge is 0.295 e. The molecule has 0 spiro atoms. The van der Waals surface area contributed by atoms with E-state index < -0.39 is 0 Å². The highest BCUT2D eigenvalue weighted by Crippen LogP contribution is 2.32. The zero-order chi connectivity index (χ0) is 14.2. The Morgan fingerprint density at radius 2 is 2.24 bits per heavy atom. The average Bonchev–Trinajstić information content (AvgIpc) is 3.17. The van der Waals surface area contributed by atoms with Gasteiger partial charge in [-0.15, -0.1) is 0 Å². The molecule has 2 aliphatic rings. The van der Waals surface area contributed by atoms with Crippen molar-refractivity contribution < 1.29 is 4.39 Å². The van der Waals surface area contributed by atoms with Crippen LogP contribution >= 0.6 is 11.8 Å². The van der Waals surface area contributed by atoms with Crippen LogP contribution in [0.4, 0.5) is 4.39 Å². The summed E-state index contributed by atoms with van der Waals surface area (Å²) in [7, 11) is 0. The van der Waals surface area contributed by atoms with Crippen molar-refractivity contribution in [3.8, 4) is 11.3 Å². The molecule has 1 unspecified atom stereocenters. The first-order valence-electron chi connectivity index (χ1n) is 7.46. The zero-order valence-electron chi connectivity index (χ0n) is 11.8. The van der Waals surface area contributed by atoms with Gasteiger partial charge in [-0.1, -0.05) is 12.1 Å². The Kier molecular flexibility index (Phi) is 3.47. The van der Waals surface area contributed by atoms with Gasteiger partial charge in [-0.2, -0.15) is 16.9 Å². The van der Waals surface area contributed by atoms with Crippen LogP contribution in [0.3, 0.4) is 0 Å². The van der Waals surface area contributed by atoms with Crippen molar-refractivity contribution in [2.75, 3.05) is 18.1 Å². The molecule has 1 atom stereocenters. The Bertz CT molecular complexity index is 649. The Labute approximate surface area is 127 Å². The molecule has 1 N–H and O–H groups in total. The molecular weight excluding hydrogens is 285 g/mol. The van der Waals surface area contributed by atoms with E-state index in [1.165, 1.54) is 35.3 Å². The Balaban J connectivity index is 1.67. The van der Waals surface area contributed by atoms with Crippen LogP contribution < -0.4 is 0 Å². The quantitative estimate of drug-likeness (QED) is 0.925. The van der Waals surface area contributed by atoms with Gasteiger partial charge >= 0.3 is 0 Å². The van der Waals surface area contributed by atoms with E-state index in [2.05, 4.69) is 15.1 Å². The minimum atomic E-state index is -0.194. The number of fused-ring (bicyclic) bond motifs is 1. The molecule has 2 aliphatic heterocycles. The first kappa shape index (κ1) is 13.3. The van der Waals surface area contributed by atoms with Crippen LogP contribution in [-0.2, 0) is 13.0 Å². The van der Waals surface area contributed by atoms with E-state index in [1.807, 2.05) is 23.9 Å². The zero-order valence-corrected chi connectivity index (χ0v) is 12.6. The van der Waals surface area contributed by atoms with Gasteiger partial charge in [-0.05, 0) is 24.3 Å². The molecule has 0 amide bonds. The maximum atomic E-state index is 14.1. The van der Waals surface area contributed by atoms with E-state index in [4.69, 9.17) is 0 Å². The van der Waals surface area contributed by atoms with Crippen LogP contribution in [0.1, 0.15) is 17.7 Å². The van der Waals surface area contributed by atoms with Crippen molar-refractivity contribution in [3.63, 3.8) is 0 Å². The SMILES string of the molecule is Fc1ccccc1-c1n[nH]c2c1CN(C1CCSC1)CC2. The highest BCUT2D eigenvalue weighted by Gasteiger charge is 2.29. The lowest BCUT2D eigenvalue weighted by atomic mass is 9.99. The Morgan fingerprint density at radius 3 is 3.05 bits per heavy atom. The number of nitrogens with one attached hydrogen (secondary N) is 1. The van der Waals surface area contributed by atoms with E-state index >= 15 is 0 Å². The fourth-order valence-corrected chi connectivity index (χ4v) is 4.57. The van der Waals surface area contributed by atoms with Crippen molar-refractivity contribution in [1.82, 2.24) is 15.1 Å². The summed E-state index contributed by atoms with van der Waals surface area (Å²) < 4.78 is 14.1. The van der Waals surface area contributed by atoms with E-state index in [0.717, 1.165) is 25.2 Å². The molecule has 0 bridgehead atoms.